The molecular weight excluding hydrogens is 372 g/mol. The van der Waals surface area contributed by atoms with Crippen molar-refractivity contribution >= 4 is 23.2 Å². The van der Waals surface area contributed by atoms with Gasteiger partial charge in [0, 0.05) is 52.5 Å². The van der Waals surface area contributed by atoms with Gasteiger partial charge in [-0.15, -0.1) is 0 Å². The van der Waals surface area contributed by atoms with Crippen LogP contribution < -0.4 is 10.2 Å². The van der Waals surface area contributed by atoms with Crippen LogP contribution in [0.3, 0.4) is 0 Å². The van der Waals surface area contributed by atoms with Gasteiger partial charge in [0.2, 0.25) is 0 Å². The first-order valence-corrected chi connectivity index (χ1v) is 10.1. The summed E-state index contributed by atoms with van der Waals surface area (Å²) in [6, 6.07) is 15.9. The van der Waals surface area contributed by atoms with Gasteiger partial charge in [0.05, 0.1) is 16.6 Å². The van der Waals surface area contributed by atoms with Crippen molar-refractivity contribution in [2.75, 3.05) is 58.8 Å². The number of halogens is 1. The van der Waals surface area contributed by atoms with Crippen LogP contribution in [0.2, 0.25) is 5.02 Å². The Morgan fingerprint density at radius 1 is 1.07 bits per heavy atom. The van der Waals surface area contributed by atoms with Crippen LogP contribution in [0.15, 0.2) is 48.5 Å². The smallest absolute Gasteiger partial charge is 0.252 e. The first-order chi connectivity index (χ1) is 13.5. The third-order valence-electron chi connectivity index (χ3n) is 5.35. The summed E-state index contributed by atoms with van der Waals surface area (Å²) in [6.45, 7) is 4.59. The molecule has 0 spiro atoms. The number of rotatable bonds is 6. The lowest BCUT2D eigenvalue weighted by Crippen LogP contribution is -2.48. The molecule has 2 aromatic carbocycles. The lowest BCUT2D eigenvalue weighted by molar-refractivity contribution is 0.0886. The Balaban J connectivity index is 1.76. The van der Waals surface area contributed by atoms with Crippen molar-refractivity contribution in [2.45, 2.75) is 6.04 Å². The Morgan fingerprint density at radius 3 is 2.32 bits per heavy atom. The Hall–Kier alpha value is -2.08. The third kappa shape index (κ3) is 5.04. The van der Waals surface area contributed by atoms with Crippen LogP contribution in [0, 0.1) is 0 Å². The average Bonchev–Trinajstić information content (AvgIpc) is 2.70. The number of nitrogens with one attached hydrogen (secondary N) is 1. The predicted molar refractivity (Wildman–Crippen MR) is 116 cm³/mol. The number of benzene rings is 2. The maximum atomic E-state index is 12.7. The van der Waals surface area contributed by atoms with E-state index in [2.05, 4.69) is 51.3 Å². The topological polar surface area (TPSA) is 38.8 Å². The molecule has 28 heavy (non-hydrogen) atoms. The molecule has 150 valence electrons. The van der Waals surface area contributed by atoms with Crippen molar-refractivity contribution in [3.63, 3.8) is 0 Å². The van der Waals surface area contributed by atoms with Crippen molar-refractivity contribution < 1.29 is 4.79 Å². The highest BCUT2D eigenvalue weighted by molar-refractivity contribution is 6.33. The van der Waals surface area contributed by atoms with Crippen LogP contribution in [-0.4, -0.2) is 69.6 Å². The maximum Gasteiger partial charge on any atom is 0.252 e. The molecule has 0 bridgehead atoms. The molecule has 1 aliphatic heterocycles. The highest BCUT2D eigenvalue weighted by Crippen LogP contribution is 2.24. The van der Waals surface area contributed by atoms with Crippen molar-refractivity contribution in [3.05, 3.63) is 64.7 Å². The Bertz CT molecular complexity index is 785. The second-order valence-electron chi connectivity index (χ2n) is 7.53. The molecule has 5 nitrogen and oxygen atoms in total. The number of hydrogen-bond acceptors (Lipinski definition) is 4. The van der Waals surface area contributed by atoms with E-state index in [1.165, 1.54) is 11.3 Å². The average molecular weight is 401 g/mol. The molecule has 2 aromatic rings. The summed E-state index contributed by atoms with van der Waals surface area (Å²) < 4.78 is 0. The molecule has 0 unspecified atom stereocenters. The van der Waals surface area contributed by atoms with Crippen LogP contribution in [0.4, 0.5) is 5.69 Å². The van der Waals surface area contributed by atoms with E-state index in [4.69, 9.17) is 11.6 Å². The molecule has 1 atom stereocenters. The molecule has 6 heteroatoms. The van der Waals surface area contributed by atoms with E-state index in [0.717, 1.165) is 26.2 Å². The minimum absolute atomic E-state index is 0.130. The fourth-order valence-corrected chi connectivity index (χ4v) is 3.74. The Morgan fingerprint density at radius 2 is 1.71 bits per heavy atom. The number of likely N-dealkylation sites (N-methyl/N-ethyl adjacent to an activating group) is 1. The van der Waals surface area contributed by atoms with Gasteiger partial charge in [0.15, 0.2) is 0 Å². The number of piperazine rings is 1. The molecule has 0 aliphatic carbocycles. The largest absolute Gasteiger partial charge is 0.378 e. The van der Waals surface area contributed by atoms with Gasteiger partial charge < -0.3 is 15.1 Å². The van der Waals surface area contributed by atoms with Crippen LogP contribution in [0.1, 0.15) is 22.0 Å². The summed E-state index contributed by atoms with van der Waals surface area (Å²) in [5.74, 6) is -0.130. The molecule has 1 heterocycles. The summed E-state index contributed by atoms with van der Waals surface area (Å²) in [7, 11) is 6.23. The van der Waals surface area contributed by atoms with E-state index >= 15 is 0 Å². The van der Waals surface area contributed by atoms with Crippen molar-refractivity contribution in [1.29, 1.82) is 0 Å². The minimum atomic E-state index is -0.130. The molecule has 1 fully saturated rings. The molecular formula is C22H29ClN4O. The number of carbonyl (C=O) groups excluding carboxylic acids is 1. The SMILES string of the molecule is CN1CCN([C@@H](CNC(=O)c2ccccc2Cl)c2ccc(N(C)C)cc2)CC1. The first-order valence-electron chi connectivity index (χ1n) is 9.68. The summed E-state index contributed by atoms with van der Waals surface area (Å²) in [5, 5.41) is 3.57. The van der Waals surface area contributed by atoms with Crippen molar-refractivity contribution in [1.82, 2.24) is 15.1 Å². The lowest BCUT2D eigenvalue weighted by Gasteiger charge is -2.38. The zero-order valence-electron chi connectivity index (χ0n) is 16.9. The van der Waals surface area contributed by atoms with Gasteiger partial charge in [-0.05, 0) is 36.9 Å². The van der Waals surface area contributed by atoms with Crippen molar-refractivity contribution in [3.8, 4) is 0 Å². The van der Waals surface area contributed by atoms with E-state index in [0.29, 0.717) is 17.1 Å². The van der Waals surface area contributed by atoms with Crippen LogP contribution in [-0.2, 0) is 0 Å². The summed E-state index contributed by atoms with van der Waals surface area (Å²) in [5.41, 5.74) is 2.90. The fourth-order valence-electron chi connectivity index (χ4n) is 3.52. The number of hydrogen-bond donors (Lipinski definition) is 1. The van der Waals surface area contributed by atoms with Gasteiger partial charge in [0.25, 0.3) is 5.91 Å². The number of nitrogens with zero attached hydrogens (tertiary/aromatic N) is 3. The normalized spacial score (nSPS) is 16.6. The van der Waals surface area contributed by atoms with E-state index in [1.54, 1.807) is 12.1 Å². The third-order valence-corrected chi connectivity index (χ3v) is 5.68. The summed E-state index contributed by atoms with van der Waals surface area (Å²) in [6.07, 6.45) is 0. The molecule has 1 saturated heterocycles. The van der Waals surface area contributed by atoms with E-state index < -0.39 is 0 Å². The predicted octanol–water partition coefficient (Wildman–Crippen LogP) is 3.12. The molecule has 3 rings (SSSR count). The van der Waals surface area contributed by atoms with Crippen LogP contribution in [0.5, 0.6) is 0 Å². The van der Waals surface area contributed by atoms with E-state index in [1.807, 2.05) is 26.2 Å². The molecule has 1 amide bonds. The zero-order chi connectivity index (χ0) is 20.1. The Labute approximate surface area is 172 Å². The first kappa shape index (κ1) is 20.6. The van der Waals surface area contributed by atoms with Gasteiger partial charge in [-0.25, -0.2) is 0 Å². The highest BCUT2D eigenvalue weighted by Gasteiger charge is 2.25. The molecule has 1 N–H and O–H groups in total. The van der Waals surface area contributed by atoms with Gasteiger partial charge >= 0.3 is 0 Å². The van der Waals surface area contributed by atoms with Gasteiger partial charge in [-0.3, -0.25) is 9.69 Å². The summed E-state index contributed by atoms with van der Waals surface area (Å²) >= 11 is 6.18. The minimum Gasteiger partial charge on any atom is -0.378 e. The van der Waals surface area contributed by atoms with E-state index in [9.17, 15) is 4.79 Å². The second kappa shape index (κ2) is 9.41. The number of anilines is 1. The van der Waals surface area contributed by atoms with Crippen LogP contribution >= 0.6 is 11.6 Å². The van der Waals surface area contributed by atoms with Crippen LogP contribution in [0.25, 0.3) is 0 Å². The standard InChI is InChI=1S/C22H29ClN4O/c1-25(2)18-10-8-17(9-11-18)21(27-14-12-26(3)13-15-27)16-24-22(28)19-6-4-5-7-20(19)23/h4-11,21H,12-16H2,1-3H3,(H,24,28)/t21-/m0/s1. The maximum absolute atomic E-state index is 12.7. The molecule has 0 radical (unpaired) electrons. The van der Waals surface area contributed by atoms with Gasteiger partial charge in [0.1, 0.15) is 0 Å². The van der Waals surface area contributed by atoms with Gasteiger partial charge in [-0.2, -0.15) is 0 Å². The zero-order valence-corrected chi connectivity index (χ0v) is 17.6. The second-order valence-corrected chi connectivity index (χ2v) is 7.94. The fraction of sp³-hybridized carbons (Fsp3) is 0.409. The molecule has 0 saturated carbocycles. The highest BCUT2D eigenvalue weighted by atomic mass is 35.5. The van der Waals surface area contributed by atoms with Crippen molar-refractivity contribution in [2.24, 2.45) is 0 Å². The summed E-state index contributed by atoms with van der Waals surface area (Å²) in [4.78, 5) is 19.5. The number of amides is 1. The number of carbonyl (C=O) groups is 1. The monoisotopic (exact) mass is 400 g/mol. The molecule has 0 aromatic heterocycles. The van der Waals surface area contributed by atoms with E-state index in [-0.39, 0.29) is 11.9 Å². The quantitative estimate of drug-likeness (QED) is 0.808. The lowest BCUT2D eigenvalue weighted by atomic mass is 10.0. The van der Waals surface area contributed by atoms with Gasteiger partial charge in [-0.1, -0.05) is 35.9 Å². The molecule has 1 aliphatic rings. The Kier molecular flexibility index (Phi) is 6.94.